The zero-order valence-electron chi connectivity index (χ0n) is 16.1. The van der Waals surface area contributed by atoms with Crippen molar-refractivity contribution in [2.24, 2.45) is 0 Å². The number of hydrogen-bond donors (Lipinski definition) is 1. The van der Waals surface area contributed by atoms with Crippen molar-refractivity contribution in [1.82, 2.24) is 9.97 Å². The molecule has 1 N–H and O–H groups in total. The van der Waals surface area contributed by atoms with E-state index in [1.807, 2.05) is 6.07 Å². The third-order valence-corrected chi connectivity index (χ3v) is 5.97. The van der Waals surface area contributed by atoms with Crippen LogP contribution in [0.1, 0.15) is 35.2 Å². The molecule has 0 unspecified atom stereocenters. The van der Waals surface area contributed by atoms with Crippen molar-refractivity contribution in [1.29, 1.82) is 0 Å². The third-order valence-electron chi connectivity index (χ3n) is 4.91. The minimum atomic E-state index is 0.176. The van der Waals surface area contributed by atoms with Gasteiger partial charge in [0.2, 0.25) is 0 Å². The largest absolute Gasteiger partial charge is 0.363 e. The molecule has 4 heteroatoms. The molecule has 0 amide bonds. The van der Waals surface area contributed by atoms with Gasteiger partial charge in [-0.1, -0.05) is 48.0 Å². The van der Waals surface area contributed by atoms with Gasteiger partial charge in [-0.3, -0.25) is 0 Å². The Balaban J connectivity index is 1.75. The molecule has 2 heterocycles. The Morgan fingerprint density at radius 3 is 2.33 bits per heavy atom. The number of aryl methyl sites for hydroxylation is 3. The van der Waals surface area contributed by atoms with Gasteiger partial charge in [-0.2, -0.15) is 0 Å². The van der Waals surface area contributed by atoms with Crippen LogP contribution in [-0.2, 0) is 0 Å². The smallest absolute Gasteiger partial charge is 0.138 e. The van der Waals surface area contributed by atoms with E-state index in [4.69, 9.17) is 0 Å². The lowest BCUT2D eigenvalue weighted by atomic mass is 9.98. The summed E-state index contributed by atoms with van der Waals surface area (Å²) in [5, 5.41) is 4.64. The summed E-state index contributed by atoms with van der Waals surface area (Å²) in [6.45, 7) is 8.67. The molecule has 1 atom stereocenters. The fourth-order valence-electron chi connectivity index (χ4n) is 3.69. The second kappa shape index (κ2) is 7.12. The van der Waals surface area contributed by atoms with Gasteiger partial charge in [-0.25, -0.2) is 9.97 Å². The second-order valence-electron chi connectivity index (χ2n) is 7.10. The average molecular weight is 374 g/mol. The lowest BCUT2D eigenvalue weighted by Crippen LogP contribution is -2.08. The van der Waals surface area contributed by atoms with Gasteiger partial charge in [0.05, 0.1) is 5.39 Å². The van der Waals surface area contributed by atoms with E-state index in [9.17, 15) is 0 Å². The number of rotatable bonds is 4. The van der Waals surface area contributed by atoms with Gasteiger partial charge < -0.3 is 5.32 Å². The number of thiophene rings is 1. The first-order chi connectivity index (χ1) is 13.0. The van der Waals surface area contributed by atoms with Crippen LogP contribution in [0.25, 0.3) is 20.7 Å². The van der Waals surface area contributed by atoms with Crippen molar-refractivity contribution in [3.05, 3.63) is 77.1 Å². The number of benzene rings is 2. The monoisotopic (exact) mass is 373 g/mol. The zero-order valence-corrected chi connectivity index (χ0v) is 16.9. The van der Waals surface area contributed by atoms with Crippen molar-refractivity contribution >= 4 is 27.4 Å². The van der Waals surface area contributed by atoms with Crippen molar-refractivity contribution in [2.45, 2.75) is 33.7 Å². The Hall–Kier alpha value is -2.72. The summed E-state index contributed by atoms with van der Waals surface area (Å²) in [4.78, 5) is 11.3. The van der Waals surface area contributed by atoms with Gasteiger partial charge in [0.15, 0.2) is 0 Å². The lowest BCUT2D eigenvalue weighted by molar-refractivity contribution is 0.876. The van der Waals surface area contributed by atoms with Crippen LogP contribution in [0, 0.1) is 20.8 Å². The highest BCUT2D eigenvalue weighted by molar-refractivity contribution is 7.22. The van der Waals surface area contributed by atoms with Crippen LogP contribution < -0.4 is 5.32 Å². The second-order valence-corrected chi connectivity index (χ2v) is 8.13. The zero-order chi connectivity index (χ0) is 19.0. The van der Waals surface area contributed by atoms with Gasteiger partial charge in [-0.05, 0) is 56.0 Å². The minimum absolute atomic E-state index is 0.176. The summed E-state index contributed by atoms with van der Waals surface area (Å²) >= 11 is 1.73. The molecule has 136 valence electrons. The molecule has 0 spiro atoms. The molecular weight excluding hydrogens is 350 g/mol. The Bertz CT molecular complexity index is 1080. The van der Waals surface area contributed by atoms with Crippen LogP contribution in [0.15, 0.2) is 54.9 Å². The third kappa shape index (κ3) is 3.45. The van der Waals surface area contributed by atoms with E-state index in [1.54, 1.807) is 17.7 Å². The highest BCUT2D eigenvalue weighted by Crippen LogP contribution is 2.38. The van der Waals surface area contributed by atoms with Crippen LogP contribution in [0.5, 0.6) is 0 Å². The van der Waals surface area contributed by atoms with Gasteiger partial charge >= 0.3 is 0 Å². The topological polar surface area (TPSA) is 37.8 Å². The first kappa shape index (κ1) is 17.7. The minimum Gasteiger partial charge on any atom is -0.363 e. The van der Waals surface area contributed by atoms with E-state index in [2.05, 4.69) is 85.4 Å². The average Bonchev–Trinajstić information content (AvgIpc) is 3.06. The maximum absolute atomic E-state index is 4.52. The van der Waals surface area contributed by atoms with Crippen molar-refractivity contribution < 1.29 is 0 Å². The lowest BCUT2D eigenvalue weighted by Gasteiger charge is -2.15. The first-order valence-corrected chi connectivity index (χ1v) is 9.99. The highest BCUT2D eigenvalue weighted by atomic mass is 32.1. The molecule has 4 aromatic rings. The van der Waals surface area contributed by atoms with Gasteiger partial charge in [0.1, 0.15) is 17.0 Å². The van der Waals surface area contributed by atoms with E-state index in [0.717, 1.165) is 16.0 Å². The predicted molar refractivity (Wildman–Crippen MR) is 116 cm³/mol. The molecule has 0 radical (unpaired) electrons. The number of hydrogen-bond acceptors (Lipinski definition) is 4. The molecule has 0 saturated carbocycles. The molecule has 2 aromatic heterocycles. The summed E-state index contributed by atoms with van der Waals surface area (Å²) in [5.41, 5.74) is 6.46. The maximum Gasteiger partial charge on any atom is 0.138 e. The molecule has 4 rings (SSSR count). The molecule has 0 bridgehead atoms. The van der Waals surface area contributed by atoms with Crippen LogP contribution >= 0.6 is 11.3 Å². The summed E-state index contributed by atoms with van der Waals surface area (Å²) < 4.78 is 0. The van der Waals surface area contributed by atoms with Crippen LogP contribution in [0.2, 0.25) is 0 Å². The van der Waals surface area contributed by atoms with E-state index in [-0.39, 0.29) is 6.04 Å². The predicted octanol–water partition coefficient (Wildman–Crippen LogP) is 6.46. The number of nitrogens with one attached hydrogen (secondary N) is 1. The van der Waals surface area contributed by atoms with Gasteiger partial charge in [-0.15, -0.1) is 11.3 Å². The molecule has 2 aromatic carbocycles. The van der Waals surface area contributed by atoms with Crippen molar-refractivity contribution in [3.8, 4) is 10.4 Å². The SMILES string of the molecule is Cc1cc(C)c(-c2cc3c(N[C@H](C)c4ccccc4)ncnc3s2)c(C)c1. The van der Waals surface area contributed by atoms with Gasteiger partial charge in [0.25, 0.3) is 0 Å². The van der Waals surface area contributed by atoms with E-state index < -0.39 is 0 Å². The Labute approximate surface area is 164 Å². The fourth-order valence-corrected chi connectivity index (χ4v) is 4.87. The van der Waals surface area contributed by atoms with Crippen LogP contribution in [0.3, 0.4) is 0 Å². The number of anilines is 1. The molecule has 0 aliphatic carbocycles. The molecule has 0 fully saturated rings. The summed E-state index contributed by atoms with van der Waals surface area (Å²) in [5.74, 6) is 0.890. The molecule has 0 aliphatic heterocycles. The maximum atomic E-state index is 4.52. The fraction of sp³-hybridized carbons (Fsp3) is 0.217. The summed E-state index contributed by atoms with van der Waals surface area (Å²) in [6.07, 6.45) is 1.65. The summed E-state index contributed by atoms with van der Waals surface area (Å²) in [7, 11) is 0. The van der Waals surface area contributed by atoms with Gasteiger partial charge in [0, 0.05) is 10.9 Å². The highest BCUT2D eigenvalue weighted by Gasteiger charge is 2.15. The molecular formula is C23H23N3S. The number of fused-ring (bicyclic) bond motifs is 1. The van der Waals surface area contributed by atoms with Crippen molar-refractivity contribution in [3.63, 3.8) is 0 Å². The number of nitrogens with zero attached hydrogens (tertiary/aromatic N) is 2. The Morgan fingerprint density at radius 2 is 1.63 bits per heavy atom. The summed E-state index contributed by atoms with van der Waals surface area (Å²) in [6, 6.07) is 17.3. The Kier molecular flexibility index (Phi) is 4.66. The first-order valence-electron chi connectivity index (χ1n) is 9.17. The molecule has 0 aliphatic rings. The van der Waals surface area contributed by atoms with Crippen LogP contribution in [-0.4, -0.2) is 9.97 Å². The molecule has 0 saturated heterocycles. The van der Waals surface area contributed by atoms with Crippen molar-refractivity contribution in [2.75, 3.05) is 5.32 Å². The van der Waals surface area contributed by atoms with E-state index in [0.29, 0.717) is 0 Å². The normalized spacial score (nSPS) is 12.3. The van der Waals surface area contributed by atoms with Crippen LogP contribution in [0.4, 0.5) is 5.82 Å². The standard InChI is InChI=1S/C23H23N3S/c1-14-10-15(2)21(16(3)11-14)20-12-19-22(24-13-25-23(19)27-20)26-17(4)18-8-6-5-7-9-18/h5-13,17H,1-4H3,(H,24,25,26)/t17-/m1/s1. The van der Waals surface area contributed by atoms with E-state index >= 15 is 0 Å². The molecule has 27 heavy (non-hydrogen) atoms. The van der Waals surface area contributed by atoms with E-state index in [1.165, 1.54) is 32.7 Å². The Morgan fingerprint density at radius 1 is 0.926 bits per heavy atom. The quantitative estimate of drug-likeness (QED) is 0.446. The number of aromatic nitrogens is 2. The molecule has 3 nitrogen and oxygen atoms in total.